The molecule has 2 N–H and O–H groups in total. The van der Waals surface area contributed by atoms with Crippen LogP contribution in [0.5, 0.6) is 0 Å². The first-order valence-corrected chi connectivity index (χ1v) is 3.85. The molecule has 1 aromatic carbocycles. The van der Waals surface area contributed by atoms with E-state index in [1.165, 1.54) is 24.3 Å². The van der Waals surface area contributed by atoms with E-state index in [1.54, 1.807) is 6.19 Å². The summed E-state index contributed by atoms with van der Waals surface area (Å²) in [5, 5.41) is 13.3. The molecule has 0 radical (unpaired) electrons. The molecule has 0 saturated heterocycles. The average Bonchev–Trinajstić information content (AvgIpc) is 2.09. The summed E-state index contributed by atoms with van der Waals surface area (Å²) in [6.07, 6.45) is 1.67. The molecule has 0 aliphatic carbocycles. The number of halogens is 1. The molecule has 0 aliphatic rings. The molecule has 0 heterocycles. The van der Waals surface area contributed by atoms with Gasteiger partial charge in [0.05, 0.1) is 0 Å². The molecule has 0 amide bonds. The molecule has 0 saturated carbocycles. The Morgan fingerprint density at radius 3 is 2.50 bits per heavy atom. The molecule has 1 aromatic rings. The van der Waals surface area contributed by atoms with Gasteiger partial charge in [0.15, 0.2) is 11.3 Å². The van der Waals surface area contributed by atoms with E-state index in [2.05, 4.69) is 10.6 Å². The summed E-state index contributed by atoms with van der Waals surface area (Å²) >= 11 is 4.73. The Morgan fingerprint density at radius 1 is 1.43 bits per heavy atom. The molecule has 0 aromatic heterocycles. The Labute approximate surface area is 131 Å². The van der Waals surface area contributed by atoms with Crippen molar-refractivity contribution in [1.29, 1.82) is 5.26 Å². The Hall–Kier alpha value is -0.0336. The molecular weight excluding hydrogens is 228 g/mol. The van der Waals surface area contributed by atoms with Gasteiger partial charge in [0, 0.05) is 5.69 Å². The zero-order valence-electron chi connectivity index (χ0n) is 8.54. The maximum atomic E-state index is 12.4. The van der Waals surface area contributed by atoms with Crippen molar-refractivity contribution in [3.05, 3.63) is 30.1 Å². The van der Waals surface area contributed by atoms with Gasteiger partial charge in [-0.05, 0) is 36.5 Å². The Bertz CT molecular complexity index is 352. The summed E-state index contributed by atoms with van der Waals surface area (Å²) < 4.78 is 12.4. The number of nitrogens with zero attached hydrogens (tertiary/aromatic N) is 1. The van der Waals surface area contributed by atoms with E-state index in [-0.39, 0.29) is 63.7 Å². The van der Waals surface area contributed by atoms with Crippen molar-refractivity contribution >= 4 is 23.0 Å². The Kier molecular flexibility index (Phi) is 7.27. The topological polar surface area (TPSA) is 47.9 Å². The van der Waals surface area contributed by atoms with Gasteiger partial charge in [-0.15, -0.1) is 0 Å². The minimum Gasteiger partial charge on any atom is -1.00 e. The molecule has 1 rings (SSSR count). The van der Waals surface area contributed by atoms with Gasteiger partial charge in [0.1, 0.15) is 5.82 Å². The maximum absolute atomic E-state index is 12.4. The molecule has 0 aliphatic heterocycles. The number of nitrogens with one attached hydrogen (secondary N) is 2. The van der Waals surface area contributed by atoms with E-state index in [1.807, 2.05) is 0 Å². The van der Waals surface area contributed by atoms with Gasteiger partial charge in [-0.1, -0.05) is 0 Å². The first kappa shape index (κ1) is 14.0. The molecule has 0 spiro atoms. The van der Waals surface area contributed by atoms with Crippen molar-refractivity contribution in [2.45, 2.75) is 0 Å². The van der Waals surface area contributed by atoms with Crippen molar-refractivity contribution in [2.75, 3.05) is 5.32 Å². The van der Waals surface area contributed by atoms with Gasteiger partial charge < -0.3 is 6.74 Å². The second-order valence-corrected chi connectivity index (χ2v) is 2.61. The van der Waals surface area contributed by atoms with E-state index in [9.17, 15) is 4.39 Å². The normalized spacial score (nSPS) is 8.00. The van der Waals surface area contributed by atoms with Gasteiger partial charge >= 0.3 is 51.4 Å². The smallest absolute Gasteiger partial charge is 1.00 e. The third kappa shape index (κ3) is 5.00. The number of rotatable bonds is 1. The zero-order chi connectivity index (χ0) is 9.68. The van der Waals surface area contributed by atoms with E-state index >= 15 is 0 Å². The number of nitriles is 1. The molecule has 0 bridgehead atoms. The van der Waals surface area contributed by atoms with Crippen LogP contribution in [0.3, 0.4) is 0 Å². The van der Waals surface area contributed by atoms with Crippen LogP contribution in [0, 0.1) is 17.3 Å². The molecule has 6 heteroatoms. The van der Waals surface area contributed by atoms with Crippen LogP contribution in [0.15, 0.2) is 24.3 Å². The van der Waals surface area contributed by atoms with E-state index < -0.39 is 0 Å². The fraction of sp³-hybridized carbons (Fsp3) is 0. The van der Waals surface area contributed by atoms with Gasteiger partial charge in [0.2, 0.25) is 0 Å². The molecule has 14 heavy (non-hydrogen) atoms. The van der Waals surface area contributed by atoms with Crippen LogP contribution in [0.4, 0.5) is 10.1 Å². The summed E-state index contributed by atoms with van der Waals surface area (Å²) in [4.78, 5) is 0. The summed E-state index contributed by atoms with van der Waals surface area (Å²) in [5.74, 6) is -0.315. The molecule has 3 nitrogen and oxygen atoms in total. The summed E-state index contributed by atoms with van der Waals surface area (Å²) in [7, 11) is 0. The second-order valence-electron chi connectivity index (χ2n) is 2.20. The van der Waals surface area contributed by atoms with Crippen LogP contribution in [-0.2, 0) is 0 Å². The number of benzene rings is 1. The van der Waals surface area contributed by atoms with E-state index in [4.69, 9.17) is 17.5 Å². The first-order valence-electron chi connectivity index (χ1n) is 3.44. The summed E-state index contributed by atoms with van der Waals surface area (Å²) in [6.45, 7) is 0. The van der Waals surface area contributed by atoms with Crippen molar-refractivity contribution < 1.29 is 57.2 Å². The third-order valence-electron chi connectivity index (χ3n) is 1.27. The summed E-state index contributed by atoms with van der Waals surface area (Å²) in [6, 6.07) is 5.66. The summed E-state index contributed by atoms with van der Waals surface area (Å²) in [5.41, 5.74) is 0.633. The van der Waals surface area contributed by atoms with Gasteiger partial charge in [0.25, 0.3) is 0 Å². The molecule has 68 valence electrons. The van der Waals surface area contributed by atoms with Gasteiger partial charge in [-0.2, -0.15) is 5.26 Å². The standard InChI is InChI=1S/C8H6FN3S.K.H/c9-6-1-3-7(4-2-6)12-8(13)11-5-10;;/h1-4H,(H2,11,12,13);;/q;+1;-1. The van der Waals surface area contributed by atoms with Gasteiger partial charge in [-0.3, -0.25) is 5.32 Å². The van der Waals surface area contributed by atoms with Crippen molar-refractivity contribution in [3.8, 4) is 6.19 Å². The average molecular weight is 235 g/mol. The minimum absolute atomic E-state index is 0. The molecule has 0 unspecified atom stereocenters. The third-order valence-corrected chi connectivity index (χ3v) is 1.48. The van der Waals surface area contributed by atoms with Crippen molar-refractivity contribution in [3.63, 3.8) is 0 Å². The SMILES string of the molecule is N#CNC(=S)Nc1ccc(F)cc1.[H-].[K+]. The fourth-order valence-corrected chi connectivity index (χ4v) is 0.910. The number of thiocarbonyl (C=S) groups is 1. The van der Waals surface area contributed by atoms with Crippen molar-refractivity contribution in [1.82, 2.24) is 5.32 Å². The van der Waals surface area contributed by atoms with Gasteiger partial charge in [-0.25, -0.2) is 4.39 Å². The first-order chi connectivity index (χ1) is 6.22. The predicted octanol–water partition coefficient (Wildman–Crippen LogP) is -1.29. The van der Waals surface area contributed by atoms with Crippen molar-refractivity contribution in [2.24, 2.45) is 0 Å². The van der Waals surface area contributed by atoms with Crippen LogP contribution in [-0.4, -0.2) is 5.11 Å². The van der Waals surface area contributed by atoms with Crippen LogP contribution in [0.1, 0.15) is 1.43 Å². The zero-order valence-corrected chi connectivity index (χ0v) is 11.5. The molecule has 0 fully saturated rings. The predicted molar refractivity (Wildman–Crippen MR) is 52.5 cm³/mol. The number of anilines is 1. The molecule has 0 atom stereocenters. The van der Waals surface area contributed by atoms with Crippen LogP contribution >= 0.6 is 12.2 Å². The van der Waals surface area contributed by atoms with Crippen LogP contribution < -0.4 is 62.0 Å². The number of hydrogen-bond donors (Lipinski definition) is 2. The van der Waals surface area contributed by atoms with Crippen LogP contribution in [0.2, 0.25) is 0 Å². The van der Waals surface area contributed by atoms with E-state index in [0.29, 0.717) is 5.69 Å². The Morgan fingerprint density at radius 2 is 2.00 bits per heavy atom. The Balaban J connectivity index is 0. The fourth-order valence-electron chi connectivity index (χ4n) is 0.746. The second kappa shape index (κ2) is 7.28. The quantitative estimate of drug-likeness (QED) is 0.275. The number of hydrogen-bond acceptors (Lipinski definition) is 2. The minimum atomic E-state index is -0.315. The molecular formula is C8H7FKN3S. The largest absolute Gasteiger partial charge is 1.00 e. The van der Waals surface area contributed by atoms with E-state index in [0.717, 1.165) is 0 Å². The van der Waals surface area contributed by atoms with Crippen LogP contribution in [0.25, 0.3) is 0 Å². The maximum Gasteiger partial charge on any atom is 1.00 e. The monoisotopic (exact) mass is 235 g/mol.